The van der Waals surface area contributed by atoms with Crippen LogP contribution in [0.25, 0.3) is 22.2 Å². The summed E-state index contributed by atoms with van der Waals surface area (Å²) < 4.78 is 7.94. The molecule has 0 saturated carbocycles. The van der Waals surface area contributed by atoms with Crippen molar-refractivity contribution in [2.45, 2.75) is 39.2 Å². The summed E-state index contributed by atoms with van der Waals surface area (Å²) in [6.07, 6.45) is 3.56. The van der Waals surface area contributed by atoms with Gasteiger partial charge in [0.1, 0.15) is 5.75 Å². The largest absolute Gasteiger partial charge is 0.497 e. The number of aryl methyl sites for hydroxylation is 2. The number of carbonyl (C=O) groups excluding carboxylic acids is 1. The molecular formula is C23H26N2O2. The van der Waals surface area contributed by atoms with Crippen molar-refractivity contribution in [2.24, 2.45) is 0 Å². The molecule has 1 aromatic heterocycles. The van der Waals surface area contributed by atoms with Gasteiger partial charge in [0.25, 0.3) is 0 Å². The number of aromatic nitrogens is 1. The van der Waals surface area contributed by atoms with Crippen molar-refractivity contribution in [3.8, 4) is 17.0 Å². The van der Waals surface area contributed by atoms with Gasteiger partial charge in [0, 0.05) is 36.0 Å². The van der Waals surface area contributed by atoms with Crippen LogP contribution in [-0.2, 0) is 24.2 Å². The Morgan fingerprint density at radius 1 is 1.22 bits per heavy atom. The smallest absolute Gasteiger partial charge is 0.219 e. The molecule has 4 nitrogen and oxygen atoms in total. The van der Waals surface area contributed by atoms with E-state index in [0.717, 1.165) is 31.6 Å². The highest BCUT2D eigenvalue weighted by atomic mass is 16.5. The van der Waals surface area contributed by atoms with E-state index >= 15 is 0 Å². The molecule has 4 heteroatoms. The zero-order chi connectivity index (χ0) is 18.8. The molecular weight excluding hydrogens is 336 g/mol. The number of nitrogens with one attached hydrogen (secondary N) is 1. The van der Waals surface area contributed by atoms with Gasteiger partial charge in [0.05, 0.1) is 12.8 Å². The molecule has 0 saturated heterocycles. The Morgan fingerprint density at radius 3 is 2.89 bits per heavy atom. The second-order valence-electron chi connectivity index (χ2n) is 7.08. The molecule has 1 N–H and O–H groups in total. The molecule has 1 aliphatic heterocycles. The van der Waals surface area contributed by atoms with Gasteiger partial charge < -0.3 is 14.6 Å². The third-order valence-corrected chi connectivity index (χ3v) is 5.49. The summed E-state index contributed by atoms with van der Waals surface area (Å²) in [7, 11) is 1.71. The lowest BCUT2D eigenvalue weighted by molar-refractivity contribution is -0.120. The quantitative estimate of drug-likeness (QED) is 0.734. The molecule has 2 aromatic carbocycles. The molecule has 0 radical (unpaired) electrons. The summed E-state index contributed by atoms with van der Waals surface area (Å²) in [5.74, 6) is 0.970. The van der Waals surface area contributed by atoms with Crippen LogP contribution in [0.5, 0.6) is 5.75 Å². The number of nitrogens with zero attached hydrogens (tertiary/aromatic N) is 1. The summed E-state index contributed by atoms with van der Waals surface area (Å²) in [6, 6.07) is 15.1. The Morgan fingerprint density at radius 2 is 2.07 bits per heavy atom. The van der Waals surface area contributed by atoms with Crippen molar-refractivity contribution in [2.75, 3.05) is 13.7 Å². The number of fused-ring (bicyclic) bond motifs is 5. The minimum absolute atomic E-state index is 0.0996. The first-order valence-electron chi connectivity index (χ1n) is 9.77. The van der Waals surface area contributed by atoms with E-state index in [2.05, 4.69) is 46.3 Å². The number of amides is 1. The van der Waals surface area contributed by atoms with Crippen LogP contribution in [0.4, 0.5) is 0 Å². The van der Waals surface area contributed by atoms with E-state index in [1.54, 1.807) is 7.11 Å². The van der Waals surface area contributed by atoms with E-state index in [-0.39, 0.29) is 5.91 Å². The van der Waals surface area contributed by atoms with Gasteiger partial charge in [-0.3, -0.25) is 4.79 Å². The standard InChI is InChI=1S/C23H26N2O2/c1-3-22(26)24-13-12-19-20-15-17(27-2)10-11-21(20)25-14-6-8-16-7-4-5-9-18(16)23(19)25/h4-5,7,9-11,15H,3,6,8,12-14H2,1-2H3,(H,24,26). The fourth-order valence-electron chi connectivity index (χ4n) is 4.17. The van der Waals surface area contributed by atoms with Gasteiger partial charge in [0.15, 0.2) is 0 Å². The third kappa shape index (κ3) is 3.20. The number of methoxy groups -OCH3 is 1. The summed E-state index contributed by atoms with van der Waals surface area (Å²) in [5, 5.41) is 4.26. The Balaban J connectivity index is 1.88. The molecule has 0 atom stereocenters. The van der Waals surface area contributed by atoms with Crippen molar-refractivity contribution in [1.82, 2.24) is 9.88 Å². The van der Waals surface area contributed by atoms with E-state index in [4.69, 9.17) is 4.74 Å². The number of hydrogen-bond acceptors (Lipinski definition) is 2. The van der Waals surface area contributed by atoms with Gasteiger partial charge in [-0.2, -0.15) is 0 Å². The van der Waals surface area contributed by atoms with E-state index in [0.29, 0.717) is 13.0 Å². The molecule has 1 aliphatic rings. The second-order valence-corrected chi connectivity index (χ2v) is 7.08. The van der Waals surface area contributed by atoms with Crippen LogP contribution in [0, 0.1) is 0 Å². The molecule has 0 unspecified atom stereocenters. The first-order chi connectivity index (χ1) is 13.2. The Hall–Kier alpha value is -2.75. The van der Waals surface area contributed by atoms with Crippen molar-refractivity contribution in [1.29, 1.82) is 0 Å². The normalized spacial score (nSPS) is 13.0. The molecule has 0 fully saturated rings. The van der Waals surface area contributed by atoms with Gasteiger partial charge in [-0.05, 0) is 48.6 Å². The van der Waals surface area contributed by atoms with Gasteiger partial charge >= 0.3 is 0 Å². The maximum absolute atomic E-state index is 11.7. The lowest BCUT2D eigenvalue weighted by atomic mass is 9.97. The first kappa shape index (κ1) is 17.7. The van der Waals surface area contributed by atoms with Crippen LogP contribution in [0.3, 0.4) is 0 Å². The van der Waals surface area contributed by atoms with Crippen molar-refractivity contribution >= 4 is 16.8 Å². The van der Waals surface area contributed by atoms with E-state index in [1.165, 1.54) is 33.3 Å². The van der Waals surface area contributed by atoms with E-state index < -0.39 is 0 Å². The fraction of sp³-hybridized carbons (Fsp3) is 0.348. The number of ether oxygens (including phenoxy) is 1. The van der Waals surface area contributed by atoms with E-state index in [9.17, 15) is 4.79 Å². The summed E-state index contributed by atoms with van der Waals surface area (Å²) >= 11 is 0. The predicted molar refractivity (Wildman–Crippen MR) is 109 cm³/mol. The number of benzene rings is 2. The van der Waals surface area contributed by atoms with Gasteiger partial charge in [-0.15, -0.1) is 0 Å². The van der Waals surface area contributed by atoms with Crippen molar-refractivity contribution in [3.63, 3.8) is 0 Å². The Labute approximate surface area is 160 Å². The highest BCUT2D eigenvalue weighted by molar-refractivity contribution is 5.93. The van der Waals surface area contributed by atoms with Crippen molar-refractivity contribution < 1.29 is 9.53 Å². The maximum atomic E-state index is 11.7. The third-order valence-electron chi connectivity index (χ3n) is 5.49. The average Bonchev–Trinajstić information content (AvgIpc) is 2.87. The molecule has 3 aromatic rings. The lowest BCUT2D eigenvalue weighted by Gasteiger charge is -2.11. The zero-order valence-corrected chi connectivity index (χ0v) is 16.0. The van der Waals surface area contributed by atoms with E-state index in [1.807, 2.05) is 13.0 Å². The minimum atomic E-state index is 0.0996. The molecule has 140 valence electrons. The van der Waals surface area contributed by atoms with Crippen LogP contribution in [0.1, 0.15) is 30.9 Å². The molecule has 0 bridgehead atoms. The van der Waals surface area contributed by atoms with Gasteiger partial charge in [-0.25, -0.2) is 0 Å². The molecule has 2 heterocycles. The minimum Gasteiger partial charge on any atom is -0.497 e. The maximum Gasteiger partial charge on any atom is 0.219 e. The predicted octanol–water partition coefficient (Wildman–Crippen LogP) is 4.33. The Kier molecular flexibility index (Phi) is 4.88. The van der Waals surface area contributed by atoms with Gasteiger partial charge in [-0.1, -0.05) is 31.2 Å². The number of carbonyl (C=O) groups is 1. The van der Waals surface area contributed by atoms with Crippen LogP contribution < -0.4 is 10.1 Å². The topological polar surface area (TPSA) is 43.3 Å². The number of rotatable bonds is 5. The highest BCUT2D eigenvalue weighted by Crippen LogP contribution is 2.39. The van der Waals surface area contributed by atoms with Crippen LogP contribution in [0.15, 0.2) is 42.5 Å². The summed E-state index contributed by atoms with van der Waals surface area (Å²) in [5.41, 5.74) is 6.58. The van der Waals surface area contributed by atoms with Crippen molar-refractivity contribution in [3.05, 3.63) is 53.6 Å². The van der Waals surface area contributed by atoms with Gasteiger partial charge in [0.2, 0.25) is 5.91 Å². The molecule has 27 heavy (non-hydrogen) atoms. The Bertz CT molecular complexity index is 987. The SMILES string of the molecule is CCC(=O)NCCc1c2n(c3ccc(OC)cc13)CCCc1ccccc1-2. The lowest BCUT2D eigenvalue weighted by Crippen LogP contribution is -2.24. The molecule has 1 amide bonds. The molecule has 0 aliphatic carbocycles. The average molecular weight is 362 g/mol. The summed E-state index contributed by atoms with van der Waals surface area (Å²) in [6.45, 7) is 3.54. The fourth-order valence-corrected chi connectivity index (χ4v) is 4.17. The highest BCUT2D eigenvalue weighted by Gasteiger charge is 2.22. The second kappa shape index (κ2) is 7.47. The monoisotopic (exact) mass is 362 g/mol. The molecule has 0 spiro atoms. The summed E-state index contributed by atoms with van der Waals surface area (Å²) in [4.78, 5) is 11.7. The van der Waals surface area contributed by atoms with Crippen LogP contribution >= 0.6 is 0 Å². The first-order valence-corrected chi connectivity index (χ1v) is 9.77. The van der Waals surface area contributed by atoms with Crippen LogP contribution in [-0.4, -0.2) is 24.1 Å². The number of hydrogen-bond donors (Lipinski definition) is 1. The molecule has 4 rings (SSSR count). The zero-order valence-electron chi connectivity index (χ0n) is 16.0. The van der Waals surface area contributed by atoms with Crippen LogP contribution in [0.2, 0.25) is 0 Å².